The smallest absolute Gasteiger partial charge is 0.335 e. The molecule has 4 nitrogen and oxygen atoms in total. The fraction of sp³-hybridized carbons (Fsp3) is 0.176. The fourth-order valence-electron chi connectivity index (χ4n) is 2.52. The molecule has 0 unspecified atom stereocenters. The van der Waals surface area contributed by atoms with Gasteiger partial charge in [0.15, 0.2) is 0 Å². The molecule has 6 heteroatoms. The number of H-pyrrole nitrogens is 1. The van der Waals surface area contributed by atoms with Crippen LogP contribution in [0.5, 0.6) is 0 Å². The second-order valence-electron chi connectivity index (χ2n) is 5.63. The third kappa shape index (κ3) is 2.80. The lowest BCUT2D eigenvalue weighted by molar-refractivity contribution is 0.0695. The predicted octanol–water partition coefficient (Wildman–Crippen LogP) is 4.84. The predicted molar refractivity (Wildman–Crippen MR) is 87.5 cm³/mol. The minimum atomic E-state index is -0.960. The van der Waals surface area contributed by atoms with Gasteiger partial charge < -0.3 is 10.1 Å². The highest BCUT2D eigenvalue weighted by molar-refractivity contribution is 6.31. The third-order valence-electron chi connectivity index (χ3n) is 3.70. The molecule has 1 heterocycles. The average molecular weight is 333 g/mol. The summed E-state index contributed by atoms with van der Waals surface area (Å²) in [6, 6.07) is 7.80. The number of hydrogen-bond donors (Lipinski definition) is 2. The summed E-state index contributed by atoms with van der Waals surface area (Å²) in [6.45, 7) is 3.86. The molecule has 0 aliphatic heterocycles. The Morgan fingerprint density at radius 2 is 2.04 bits per heavy atom. The number of aromatic nitrogens is 2. The van der Waals surface area contributed by atoms with E-state index in [0.717, 1.165) is 11.1 Å². The number of nitrogens with zero attached hydrogens (tertiary/aromatic N) is 1. The molecule has 0 fully saturated rings. The SMILES string of the molecule is CC(C)c1cc(-c2nc3cc(Cl)c(F)cc3[nH]2)ccc1C(=O)O. The third-order valence-corrected chi connectivity index (χ3v) is 3.99. The molecular formula is C17H14ClFN2O2. The van der Waals surface area contributed by atoms with Gasteiger partial charge in [-0.3, -0.25) is 0 Å². The molecule has 0 saturated carbocycles. The summed E-state index contributed by atoms with van der Waals surface area (Å²) in [5, 5.41) is 9.29. The minimum Gasteiger partial charge on any atom is -0.478 e. The summed E-state index contributed by atoms with van der Waals surface area (Å²) in [4.78, 5) is 18.8. The molecule has 0 aliphatic rings. The molecule has 0 saturated heterocycles. The van der Waals surface area contributed by atoms with Crippen LogP contribution in [0.1, 0.15) is 35.7 Å². The van der Waals surface area contributed by atoms with Crippen molar-refractivity contribution in [3.05, 3.63) is 52.3 Å². The van der Waals surface area contributed by atoms with E-state index in [9.17, 15) is 14.3 Å². The summed E-state index contributed by atoms with van der Waals surface area (Å²) >= 11 is 5.77. The number of carbonyl (C=O) groups is 1. The molecule has 0 spiro atoms. The van der Waals surface area contributed by atoms with Crippen LogP contribution in [0.4, 0.5) is 4.39 Å². The molecule has 0 bridgehead atoms. The van der Waals surface area contributed by atoms with Crippen molar-refractivity contribution in [2.24, 2.45) is 0 Å². The Morgan fingerprint density at radius 1 is 1.30 bits per heavy atom. The Labute approximate surface area is 136 Å². The lowest BCUT2D eigenvalue weighted by Gasteiger charge is -2.11. The van der Waals surface area contributed by atoms with Crippen LogP contribution < -0.4 is 0 Å². The molecule has 3 aromatic rings. The van der Waals surface area contributed by atoms with Crippen LogP contribution in [-0.2, 0) is 0 Å². The van der Waals surface area contributed by atoms with Crippen LogP contribution in [0, 0.1) is 5.82 Å². The molecule has 0 atom stereocenters. The number of fused-ring (bicyclic) bond motifs is 1. The van der Waals surface area contributed by atoms with Gasteiger partial charge in [-0.05, 0) is 29.7 Å². The zero-order valence-electron chi connectivity index (χ0n) is 12.5. The van der Waals surface area contributed by atoms with Gasteiger partial charge in [-0.2, -0.15) is 0 Å². The van der Waals surface area contributed by atoms with E-state index in [-0.39, 0.29) is 16.5 Å². The van der Waals surface area contributed by atoms with E-state index in [2.05, 4.69) is 9.97 Å². The first-order valence-corrected chi connectivity index (χ1v) is 7.47. The van der Waals surface area contributed by atoms with E-state index in [1.165, 1.54) is 12.1 Å². The van der Waals surface area contributed by atoms with Gasteiger partial charge in [0.05, 0.1) is 21.6 Å². The summed E-state index contributed by atoms with van der Waals surface area (Å²) in [6.07, 6.45) is 0. The van der Waals surface area contributed by atoms with Gasteiger partial charge in [0.2, 0.25) is 0 Å². The van der Waals surface area contributed by atoms with Crippen LogP contribution >= 0.6 is 11.6 Å². The number of rotatable bonds is 3. The number of halogens is 2. The van der Waals surface area contributed by atoms with E-state index in [1.807, 2.05) is 13.8 Å². The number of nitrogens with one attached hydrogen (secondary N) is 1. The Hall–Kier alpha value is -2.40. The number of aromatic amines is 1. The molecule has 0 radical (unpaired) electrons. The maximum atomic E-state index is 13.5. The topological polar surface area (TPSA) is 66.0 Å². The second-order valence-corrected chi connectivity index (χ2v) is 6.04. The van der Waals surface area contributed by atoms with Crippen molar-refractivity contribution in [3.63, 3.8) is 0 Å². The van der Waals surface area contributed by atoms with Crippen molar-refractivity contribution >= 4 is 28.6 Å². The average Bonchev–Trinajstić information content (AvgIpc) is 2.89. The summed E-state index contributed by atoms with van der Waals surface area (Å²) < 4.78 is 13.5. The second kappa shape index (κ2) is 5.66. The molecule has 0 amide bonds. The van der Waals surface area contributed by atoms with E-state index in [4.69, 9.17) is 11.6 Å². The maximum absolute atomic E-state index is 13.5. The zero-order chi connectivity index (χ0) is 16.7. The van der Waals surface area contributed by atoms with Crippen molar-refractivity contribution in [2.75, 3.05) is 0 Å². The lowest BCUT2D eigenvalue weighted by Crippen LogP contribution is -2.04. The van der Waals surface area contributed by atoms with Crippen LogP contribution in [0.15, 0.2) is 30.3 Å². The quantitative estimate of drug-likeness (QED) is 0.721. The lowest BCUT2D eigenvalue weighted by atomic mass is 9.95. The normalized spacial score (nSPS) is 11.3. The first kappa shape index (κ1) is 15.5. The summed E-state index contributed by atoms with van der Waals surface area (Å²) in [7, 11) is 0. The number of carboxylic acid groups (broad SMARTS) is 1. The van der Waals surface area contributed by atoms with Crippen LogP contribution in [0.25, 0.3) is 22.4 Å². The van der Waals surface area contributed by atoms with Crippen LogP contribution in [0.2, 0.25) is 5.02 Å². The molecule has 2 N–H and O–H groups in total. The number of carboxylic acids is 1. The minimum absolute atomic E-state index is 0.0136. The Morgan fingerprint density at radius 3 is 2.70 bits per heavy atom. The highest BCUT2D eigenvalue weighted by Crippen LogP contribution is 2.28. The van der Waals surface area contributed by atoms with E-state index in [0.29, 0.717) is 16.9 Å². The largest absolute Gasteiger partial charge is 0.478 e. The zero-order valence-corrected chi connectivity index (χ0v) is 13.3. The van der Waals surface area contributed by atoms with Gasteiger partial charge in [-0.25, -0.2) is 14.2 Å². The maximum Gasteiger partial charge on any atom is 0.335 e. The molecule has 23 heavy (non-hydrogen) atoms. The van der Waals surface area contributed by atoms with Gasteiger partial charge in [0, 0.05) is 11.6 Å². The first-order valence-electron chi connectivity index (χ1n) is 7.09. The van der Waals surface area contributed by atoms with Gasteiger partial charge in [0.25, 0.3) is 0 Å². The van der Waals surface area contributed by atoms with Gasteiger partial charge >= 0.3 is 5.97 Å². The standard InChI is InChI=1S/C17H14ClFN2O2/c1-8(2)11-5-9(3-4-10(11)17(22)23)16-20-14-6-12(18)13(19)7-15(14)21-16/h3-8H,1-2H3,(H,20,21)(H,22,23). The number of benzene rings is 2. The fourth-order valence-corrected chi connectivity index (χ4v) is 2.68. The van der Waals surface area contributed by atoms with Crippen molar-refractivity contribution in [1.82, 2.24) is 9.97 Å². The van der Waals surface area contributed by atoms with Crippen LogP contribution in [-0.4, -0.2) is 21.0 Å². The summed E-state index contributed by atoms with van der Waals surface area (Å²) in [5.74, 6) is -0.880. The van der Waals surface area contributed by atoms with E-state index < -0.39 is 11.8 Å². The summed E-state index contributed by atoms with van der Waals surface area (Å²) in [5.41, 5.74) is 2.83. The molecule has 118 valence electrons. The molecular weight excluding hydrogens is 319 g/mol. The first-order chi connectivity index (χ1) is 10.9. The highest BCUT2D eigenvalue weighted by Gasteiger charge is 2.16. The van der Waals surface area contributed by atoms with E-state index in [1.54, 1.807) is 18.2 Å². The number of hydrogen-bond acceptors (Lipinski definition) is 2. The molecule has 3 rings (SSSR count). The molecule has 2 aromatic carbocycles. The van der Waals surface area contributed by atoms with Crippen LogP contribution in [0.3, 0.4) is 0 Å². The monoisotopic (exact) mass is 332 g/mol. The Balaban J connectivity index is 2.15. The van der Waals surface area contributed by atoms with Gasteiger partial charge in [0.1, 0.15) is 11.6 Å². The molecule has 1 aromatic heterocycles. The number of aromatic carboxylic acids is 1. The van der Waals surface area contributed by atoms with Crippen molar-refractivity contribution in [2.45, 2.75) is 19.8 Å². The molecule has 0 aliphatic carbocycles. The number of imidazole rings is 1. The Kier molecular flexibility index (Phi) is 3.82. The van der Waals surface area contributed by atoms with Gasteiger partial charge in [-0.15, -0.1) is 0 Å². The Bertz CT molecular complexity index is 879. The van der Waals surface area contributed by atoms with E-state index >= 15 is 0 Å². The van der Waals surface area contributed by atoms with Crippen molar-refractivity contribution in [3.8, 4) is 11.4 Å². The highest BCUT2D eigenvalue weighted by atomic mass is 35.5. The van der Waals surface area contributed by atoms with Gasteiger partial charge in [-0.1, -0.05) is 31.5 Å². The van der Waals surface area contributed by atoms with Crippen molar-refractivity contribution in [1.29, 1.82) is 0 Å². The van der Waals surface area contributed by atoms with Crippen molar-refractivity contribution < 1.29 is 14.3 Å².